The largest absolute Gasteiger partial charge is 0.391 e. The summed E-state index contributed by atoms with van der Waals surface area (Å²) in [5.74, 6) is 0.529. The molecule has 0 radical (unpaired) electrons. The van der Waals surface area contributed by atoms with E-state index in [2.05, 4.69) is 31.2 Å². The molecule has 0 unspecified atom stereocenters. The molecule has 0 aromatic carbocycles. The van der Waals surface area contributed by atoms with Gasteiger partial charge in [0.1, 0.15) is 0 Å². The highest BCUT2D eigenvalue weighted by molar-refractivity contribution is 9.10. The van der Waals surface area contributed by atoms with E-state index >= 15 is 0 Å². The Balaban J connectivity index is 2.47. The van der Waals surface area contributed by atoms with Gasteiger partial charge in [0.2, 0.25) is 5.95 Å². The zero-order valence-corrected chi connectivity index (χ0v) is 10.7. The summed E-state index contributed by atoms with van der Waals surface area (Å²) in [5, 5.41) is 12.8. The lowest BCUT2D eigenvalue weighted by Crippen LogP contribution is -2.33. The maximum Gasteiger partial charge on any atom is 0.222 e. The number of rotatable bonds is 3. The molecule has 0 bridgehead atoms. The first kappa shape index (κ1) is 12.4. The van der Waals surface area contributed by atoms with Crippen LogP contribution >= 0.6 is 15.9 Å². The summed E-state index contributed by atoms with van der Waals surface area (Å²) in [7, 11) is 0. The maximum absolute atomic E-state index is 9.77. The van der Waals surface area contributed by atoms with Gasteiger partial charge in [-0.05, 0) is 21.3 Å². The molecule has 15 heavy (non-hydrogen) atoms. The standard InChI is InChI=1S/C10H16BrN3O/c1-10(2,3)8(15)6-14-9-12-4-7(11)5-13-9/h4-5,8,15H,6H2,1-3H3,(H,12,13,14)/t8-/m1/s1. The van der Waals surface area contributed by atoms with Gasteiger partial charge in [-0.15, -0.1) is 0 Å². The first-order valence-electron chi connectivity index (χ1n) is 4.79. The van der Waals surface area contributed by atoms with Crippen molar-refractivity contribution in [3.8, 4) is 0 Å². The number of anilines is 1. The molecule has 0 aliphatic carbocycles. The monoisotopic (exact) mass is 273 g/mol. The summed E-state index contributed by atoms with van der Waals surface area (Å²) < 4.78 is 0.837. The van der Waals surface area contributed by atoms with E-state index in [1.807, 2.05) is 20.8 Å². The van der Waals surface area contributed by atoms with Crippen molar-refractivity contribution in [3.05, 3.63) is 16.9 Å². The van der Waals surface area contributed by atoms with E-state index < -0.39 is 6.10 Å². The molecule has 0 fully saturated rings. The first-order chi connectivity index (χ1) is 6.89. The van der Waals surface area contributed by atoms with E-state index in [0.717, 1.165) is 4.47 Å². The lowest BCUT2D eigenvalue weighted by molar-refractivity contribution is 0.0744. The molecular weight excluding hydrogens is 258 g/mol. The predicted molar refractivity (Wildman–Crippen MR) is 63.7 cm³/mol. The minimum Gasteiger partial charge on any atom is -0.391 e. The zero-order valence-electron chi connectivity index (χ0n) is 9.16. The number of aliphatic hydroxyl groups is 1. The molecule has 0 aliphatic heterocycles. The highest BCUT2D eigenvalue weighted by Crippen LogP contribution is 2.19. The van der Waals surface area contributed by atoms with Gasteiger partial charge >= 0.3 is 0 Å². The van der Waals surface area contributed by atoms with Crippen LogP contribution in [-0.4, -0.2) is 27.7 Å². The molecule has 1 rings (SSSR count). The average molecular weight is 274 g/mol. The van der Waals surface area contributed by atoms with Crippen molar-refractivity contribution >= 4 is 21.9 Å². The Labute approximate surface area is 98.3 Å². The molecule has 0 amide bonds. The van der Waals surface area contributed by atoms with Crippen LogP contribution in [0, 0.1) is 5.41 Å². The second-order valence-electron chi connectivity index (χ2n) is 4.49. The third-order valence-corrected chi connectivity index (χ3v) is 2.48. The van der Waals surface area contributed by atoms with Gasteiger partial charge < -0.3 is 10.4 Å². The number of hydrogen-bond acceptors (Lipinski definition) is 4. The Morgan fingerprint density at radius 2 is 1.93 bits per heavy atom. The Kier molecular flexibility index (Phi) is 4.04. The fourth-order valence-corrected chi connectivity index (χ4v) is 1.10. The number of aliphatic hydroxyl groups excluding tert-OH is 1. The minimum absolute atomic E-state index is 0.137. The van der Waals surface area contributed by atoms with E-state index in [-0.39, 0.29) is 5.41 Å². The summed E-state index contributed by atoms with van der Waals surface area (Å²) in [4.78, 5) is 8.10. The third kappa shape index (κ3) is 4.13. The van der Waals surface area contributed by atoms with Gasteiger partial charge in [-0.2, -0.15) is 0 Å². The molecule has 1 atom stereocenters. The number of aromatic nitrogens is 2. The average Bonchev–Trinajstić information content (AvgIpc) is 2.15. The first-order valence-corrected chi connectivity index (χ1v) is 5.58. The van der Waals surface area contributed by atoms with Gasteiger partial charge in [0.05, 0.1) is 10.6 Å². The van der Waals surface area contributed by atoms with Crippen LogP contribution in [0.5, 0.6) is 0 Å². The van der Waals surface area contributed by atoms with Crippen LogP contribution < -0.4 is 5.32 Å². The topological polar surface area (TPSA) is 58.0 Å². The summed E-state index contributed by atoms with van der Waals surface area (Å²) >= 11 is 3.26. The smallest absolute Gasteiger partial charge is 0.222 e. The van der Waals surface area contributed by atoms with Gasteiger partial charge in [-0.3, -0.25) is 0 Å². The van der Waals surface area contributed by atoms with E-state index in [1.165, 1.54) is 0 Å². The van der Waals surface area contributed by atoms with Crippen molar-refractivity contribution in [1.82, 2.24) is 9.97 Å². The third-order valence-electron chi connectivity index (χ3n) is 2.07. The van der Waals surface area contributed by atoms with Crippen molar-refractivity contribution < 1.29 is 5.11 Å². The zero-order chi connectivity index (χ0) is 11.5. The summed E-state index contributed by atoms with van der Waals surface area (Å²) in [5.41, 5.74) is -0.137. The number of hydrogen-bond donors (Lipinski definition) is 2. The second-order valence-corrected chi connectivity index (χ2v) is 5.40. The van der Waals surface area contributed by atoms with Crippen LogP contribution in [-0.2, 0) is 0 Å². The van der Waals surface area contributed by atoms with Crippen molar-refractivity contribution in [2.45, 2.75) is 26.9 Å². The highest BCUT2D eigenvalue weighted by atomic mass is 79.9. The van der Waals surface area contributed by atoms with Crippen molar-refractivity contribution in [1.29, 1.82) is 0 Å². The molecule has 0 aliphatic rings. The lowest BCUT2D eigenvalue weighted by atomic mass is 9.89. The normalized spacial score (nSPS) is 13.7. The Hall–Kier alpha value is -0.680. The fourth-order valence-electron chi connectivity index (χ4n) is 0.898. The van der Waals surface area contributed by atoms with Crippen molar-refractivity contribution in [3.63, 3.8) is 0 Å². The maximum atomic E-state index is 9.77. The molecule has 5 heteroatoms. The number of nitrogens with one attached hydrogen (secondary N) is 1. The van der Waals surface area contributed by atoms with E-state index in [4.69, 9.17) is 0 Å². The summed E-state index contributed by atoms with van der Waals surface area (Å²) in [6, 6.07) is 0. The molecule has 0 saturated carbocycles. The van der Waals surface area contributed by atoms with Crippen LogP contribution in [0.25, 0.3) is 0 Å². The Morgan fingerprint density at radius 1 is 1.40 bits per heavy atom. The predicted octanol–water partition coefficient (Wildman–Crippen LogP) is 2.06. The molecule has 84 valence electrons. The summed E-state index contributed by atoms with van der Waals surface area (Å²) in [6.07, 6.45) is 2.90. The number of nitrogens with zero attached hydrogens (tertiary/aromatic N) is 2. The number of halogens is 1. The molecule has 1 heterocycles. The van der Waals surface area contributed by atoms with Crippen molar-refractivity contribution in [2.24, 2.45) is 5.41 Å². The van der Waals surface area contributed by atoms with Gasteiger partial charge in [0, 0.05) is 18.9 Å². The minimum atomic E-state index is -0.426. The SMILES string of the molecule is CC(C)(C)[C@H](O)CNc1ncc(Br)cn1. The molecule has 1 aromatic heterocycles. The second kappa shape index (κ2) is 4.90. The quantitative estimate of drug-likeness (QED) is 0.885. The molecular formula is C10H16BrN3O. The Bertz CT molecular complexity index is 307. The Morgan fingerprint density at radius 3 is 2.40 bits per heavy atom. The fraction of sp³-hybridized carbons (Fsp3) is 0.600. The van der Waals surface area contributed by atoms with Crippen LogP contribution in [0.1, 0.15) is 20.8 Å². The van der Waals surface area contributed by atoms with Crippen LogP contribution in [0.2, 0.25) is 0 Å². The molecule has 0 saturated heterocycles. The van der Waals surface area contributed by atoms with E-state index in [0.29, 0.717) is 12.5 Å². The van der Waals surface area contributed by atoms with Crippen LogP contribution in [0.4, 0.5) is 5.95 Å². The molecule has 0 spiro atoms. The van der Waals surface area contributed by atoms with Gasteiger partial charge in [-0.1, -0.05) is 20.8 Å². The summed E-state index contributed by atoms with van der Waals surface area (Å²) in [6.45, 7) is 6.41. The van der Waals surface area contributed by atoms with Gasteiger partial charge in [0.25, 0.3) is 0 Å². The molecule has 4 nitrogen and oxygen atoms in total. The van der Waals surface area contributed by atoms with Crippen LogP contribution in [0.15, 0.2) is 16.9 Å². The van der Waals surface area contributed by atoms with Gasteiger partial charge in [-0.25, -0.2) is 9.97 Å². The van der Waals surface area contributed by atoms with Gasteiger partial charge in [0.15, 0.2) is 0 Å². The van der Waals surface area contributed by atoms with E-state index in [1.54, 1.807) is 12.4 Å². The lowest BCUT2D eigenvalue weighted by Gasteiger charge is -2.25. The highest BCUT2D eigenvalue weighted by Gasteiger charge is 2.21. The molecule has 1 aromatic rings. The molecule has 2 N–H and O–H groups in total. The van der Waals surface area contributed by atoms with E-state index in [9.17, 15) is 5.11 Å². The van der Waals surface area contributed by atoms with Crippen molar-refractivity contribution in [2.75, 3.05) is 11.9 Å². The van der Waals surface area contributed by atoms with Crippen LogP contribution in [0.3, 0.4) is 0 Å².